The zero-order valence-corrected chi connectivity index (χ0v) is 17.8. The summed E-state index contributed by atoms with van der Waals surface area (Å²) in [6.45, 7) is 9.73. The van der Waals surface area contributed by atoms with Crippen LogP contribution in [0.15, 0.2) is 67.2 Å². The minimum absolute atomic E-state index is 0.194. The van der Waals surface area contributed by atoms with E-state index < -0.39 is 0 Å². The van der Waals surface area contributed by atoms with Gasteiger partial charge in [-0.15, -0.1) is 0 Å². The van der Waals surface area contributed by atoms with Gasteiger partial charge in [-0.3, -0.25) is 14.5 Å². The minimum Gasteiger partial charge on any atom is -0.340 e. The summed E-state index contributed by atoms with van der Waals surface area (Å²) < 4.78 is 0. The van der Waals surface area contributed by atoms with E-state index in [-0.39, 0.29) is 11.8 Å². The van der Waals surface area contributed by atoms with Crippen molar-refractivity contribution in [3.63, 3.8) is 0 Å². The fraction of sp³-hybridized carbons (Fsp3) is 0.185. The van der Waals surface area contributed by atoms with Crippen molar-refractivity contribution >= 4 is 28.8 Å². The first-order valence-electron chi connectivity index (χ1n) is 10.6. The first-order chi connectivity index (χ1) is 15.0. The fourth-order valence-corrected chi connectivity index (χ4v) is 4.68. The summed E-state index contributed by atoms with van der Waals surface area (Å²) in [6, 6.07) is 19.6. The molecule has 0 unspecified atom stereocenters. The average molecular weight is 409 g/mol. The van der Waals surface area contributed by atoms with E-state index in [9.17, 15) is 9.59 Å². The summed E-state index contributed by atoms with van der Waals surface area (Å²) in [5.74, 6) is -0.388. The largest absolute Gasteiger partial charge is 0.340 e. The third-order valence-electron chi connectivity index (χ3n) is 6.46. The number of imide groups is 1. The normalized spacial score (nSPS) is 14.6. The third-order valence-corrected chi connectivity index (χ3v) is 6.46. The van der Waals surface area contributed by atoms with Crippen molar-refractivity contribution in [2.45, 2.75) is 20.3 Å². The number of rotatable bonds is 4. The quantitative estimate of drug-likeness (QED) is 0.535. The van der Waals surface area contributed by atoms with Gasteiger partial charge in [0.25, 0.3) is 11.8 Å². The van der Waals surface area contributed by atoms with Gasteiger partial charge < -0.3 is 4.90 Å². The number of benzene rings is 3. The van der Waals surface area contributed by atoms with Gasteiger partial charge in [0.05, 0.1) is 16.8 Å². The number of hydrogen-bond acceptors (Lipinski definition) is 3. The van der Waals surface area contributed by atoms with Gasteiger partial charge in [-0.1, -0.05) is 49.0 Å². The molecule has 0 spiro atoms. The molecule has 2 amide bonds. The molecule has 2 aliphatic heterocycles. The predicted molar refractivity (Wildman–Crippen MR) is 124 cm³/mol. The molecule has 0 aliphatic carbocycles. The van der Waals surface area contributed by atoms with Crippen LogP contribution in [0.1, 0.15) is 49.4 Å². The van der Waals surface area contributed by atoms with Crippen molar-refractivity contribution in [3.05, 3.63) is 101 Å². The lowest BCUT2D eigenvalue weighted by atomic mass is 9.88. The van der Waals surface area contributed by atoms with Gasteiger partial charge in [-0.25, -0.2) is 0 Å². The Morgan fingerprint density at radius 1 is 0.710 bits per heavy atom. The number of amides is 2. The molecule has 0 aromatic heterocycles. The summed E-state index contributed by atoms with van der Waals surface area (Å²) >= 11 is 0. The number of fused-ring (bicyclic) bond motifs is 3. The molecule has 4 heteroatoms. The van der Waals surface area contributed by atoms with Gasteiger partial charge in [0.2, 0.25) is 0 Å². The van der Waals surface area contributed by atoms with E-state index in [0.717, 1.165) is 22.4 Å². The molecule has 0 saturated heterocycles. The van der Waals surface area contributed by atoms with Crippen LogP contribution < -0.4 is 4.90 Å². The molecular weight excluding hydrogens is 384 g/mol. The molecule has 2 heterocycles. The molecule has 0 radical (unpaired) electrons. The molecule has 5 rings (SSSR count). The molecule has 0 N–H and O–H groups in total. The Hall–Kier alpha value is -3.66. The highest BCUT2D eigenvalue weighted by Gasteiger charge is 2.35. The van der Waals surface area contributed by atoms with Crippen LogP contribution in [0.2, 0.25) is 0 Å². The van der Waals surface area contributed by atoms with Crippen molar-refractivity contribution in [1.82, 2.24) is 4.90 Å². The highest BCUT2D eigenvalue weighted by molar-refractivity contribution is 6.21. The van der Waals surface area contributed by atoms with E-state index in [1.807, 2.05) is 12.1 Å². The molecule has 4 nitrogen and oxygen atoms in total. The van der Waals surface area contributed by atoms with Gasteiger partial charge in [0.1, 0.15) is 0 Å². The standard InChI is InChI=1S/C27H24N2O2/c1-17-13-14-21-19(3)20-9-6-7-12-24(20)28(25(21)18(17)2)15-8-16-29-26(30)22-10-4-5-11-23(22)27(29)31/h4-7,9-14H,3,8,15-16H2,1-2H3. The van der Waals surface area contributed by atoms with Crippen LogP contribution >= 0.6 is 0 Å². The summed E-state index contributed by atoms with van der Waals surface area (Å²) in [5.41, 5.74) is 9.06. The first-order valence-corrected chi connectivity index (χ1v) is 10.6. The SMILES string of the molecule is C=C1c2ccccc2N(CCCN2C(=O)c3ccccc3C2=O)c2c1ccc(C)c2C. The van der Waals surface area contributed by atoms with Crippen LogP contribution in [0, 0.1) is 13.8 Å². The zero-order chi connectivity index (χ0) is 21.7. The van der Waals surface area contributed by atoms with Crippen molar-refractivity contribution in [2.24, 2.45) is 0 Å². The van der Waals surface area contributed by atoms with Crippen LogP contribution in [-0.4, -0.2) is 29.8 Å². The van der Waals surface area contributed by atoms with Crippen molar-refractivity contribution in [2.75, 3.05) is 18.0 Å². The van der Waals surface area contributed by atoms with E-state index in [1.54, 1.807) is 24.3 Å². The maximum Gasteiger partial charge on any atom is 0.261 e. The van der Waals surface area contributed by atoms with Gasteiger partial charge >= 0.3 is 0 Å². The molecule has 31 heavy (non-hydrogen) atoms. The second kappa shape index (κ2) is 7.24. The average Bonchev–Trinajstić information content (AvgIpc) is 3.03. The maximum atomic E-state index is 12.7. The van der Waals surface area contributed by atoms with Crippen molar-refractivity contribution < 1.29 is 9.59 Å². The first kappa shape index (κ1) is 19.3. The van der Waals surface area contributed by atoms with Gasteiger partial charge in [-0.05, 0) is 55.2 Å². The van der Waals surface area contributed by atoms with Crippen LogP contribution in [0.25, 0.3) is 5.57 Å². The second-order valence-corrected chi connectivity index (χ2v) is 8.21. The smallest absolute Gasteiger partial charge is 0.261 e. The predicted octanol–water partition coefficient (Wildman–Crippen LogP) is 5.50. The van der Waals surface area contributed by atoms with Crippen LogP contribution in [0.3, 0.4) is 0 Å². The summed E-state index contributed by atoms with van der Waals surface area (Å²) in [5, 5.41) is 0. The number of carbonyl (C=O) groups is 2. The fourth-order valence-electron chi connectivity index (χ4n) is 4.68. The molecule has 154 valence electrons. The van der Waals surface area contributed by atoms with Gasteiger partial charge in [0, 0.05) is 29.9 Å². The van der Waals surface area contributed by atoms with E-state index in [1.165, 1.54) is 21.7 Å². The molecule has 0 saturated carbocycles. The Kier molecular flexibility index (Phi) is 4.51. The Morgan fingerprint density at radius 2 is 1.29 bits per heavy atom. The maximum absolute atomic E-state index is 12.7. The Morgan fingerprint density at radius 3 is 1.97 bits per heavy atom. The molecule has 0 fully saturated rings. The van der Waals surface area contributed by atoms with E-state index in [2.05, 4.69) is 49.6 Å². The topological polar surface area (TPSA) is 40.6 Å². The van der Waals surface area contributed by atoms with Crippen molar-refractivity contribution in [3.8, 4) is 0 Å². The number of aryl methyl sites for hydroxylation is 1. The molecule has 3 aromatic rings. The Labute approximate surface area is 182 Å². The molecular formula is C27H24N2O2. The number of anilines is 2. The number of carbonyl (C=O) groups excluding carboxylic acids is 2. The van der Waals surface area contributed by atoms with Crippen molar-refractivity contribution in [1.29, 1.82) is 0 Å². The second-order valence-electron chi connectivity index (χ2n) is 8.21. The summed E-state index contributed by atoms with van der Waals surface area (Å²) in [6.07, 6.45) is 0.680. The molecule has 0 bridgehead atoms. The molecule has 2 aliphatic rings. The van der Waals surface area contributed by atoms with Gasteiger partial charge in [-0.2, -0.15) is 0 Å². The highest BCUT2D eigenvalue weighted by Crippen LogP contribution is 2.46. The van der Waals surface area contributed by atoms with E-state index >= 15 is 0 Å². The summed E-state index contributed by atoms with van der Waals surface area (Å²) in [4.78, 5) is 29.1. The highest BCUT2D eigenvalue weighted by atomic mass is 16.2. The summed E-state index contributed by atoms with van der Waals surface area (Å²) in [7, 11) is 0. The van der Waals surface area contributed by atoms with E-state index in [0.29, 0.717) is 30.6 Å². The molecule has 3 aromatic carbocycles. The number of hydrogen-bond donors (Lipinski definition) is 0. The number of para-hydroxylation sites is 1. The monoisotopic (exact) mass is 408 g/mol. The van der Waals surface area contributed by atoms with Crippen LogP contribution in [-0.2, 0) is 0 Å². The lowest BCUT2D eigenvalue weighted by Gasteiger charge is -2.36. The van der Waals surface area contributed by atoms with Crippen LogP contribution in [0.4, 0.5) is 11.4 Å². The lowest BCUT2D eigenvalue weighted by Crippen LogP contribution is -2.33. The third kappa shape index (κ3) is 2.90. The zero-order valence-electron chi connectivity index (χ0n) is 17.8. The Balaban J connectivity index is 1.44. The lowest BCUT2D eigenvalue weighted by molar-refractivity contribution is 0.0653. The van der Waals surface area contributed by atoms with Gasteiger partial charge in [0.15, 0.2) is 0 Å². The van der Waals surface area contributed by atoms with E-state index in [4.69, 9.17) is 0 Å². The number of nitrogens with zero attached hydrogens (tertiary/aromatic N) is 2. The minimum atomic E-state index is -0.194. The molecule has 0 atom stereocenters. The Bertz CT molecular complexity index is 1220. The van der Waals surface area contributed by atoms with Crippen LogP contribution in [0.5, 0.6) is 0 Å².